The number of carbonyl (C=O) groups excluding carboxylic acids is 1. The van der Waals surface area contributed by atoms with E-state index in [9.17, 15) is 9.59 Å². The van der Waals surface area contributed by atoms with Gasteiger partial charge in [-0.3, -0.25) is 4.79 Å². The molecule has 0 aliphatic carbocycles. The number of benzene rings is 1. The maximum absolute atomic E-state index is 12.1. The van der Waals surface area contributed by atoms with Crippen LogP contribution in [0.2, 0.25) is 0 Å². The summed E-state index contributed by atoms with van der Waals surface area (Å²) in [6.07, 6.45) is 2.40. The lowest BCUT2D eigenvalue weighted by Crippen LogP contribution is -2.41. The van der Waals surface area contributed by atoms with Crippen molar-refractivity contribution in [3.05, 3.63) is 29.8 Å². The number of amides is 1. The minimum Gasteiger partial charge on any atom is -0.497 e. The number of hydrogen-bond donors (Lipinski definition) is 2. The fourth-order valence-corrected chi connectivity index (χ4v) is 2.26. The first-order valence-electron chi connectivity index (χ1n) is 7.64. The summed E-state index contributed by atoms with van der Waals surface area (Å²) in [5.74, 6) is -0.471. The zero-order valence-corrected chi connectivity index (χ0v) is 13.5. The van der Waals surface area contributed by atoms with Crippen LogP contribution in [-0.4, -0.2) is 30.1 Å². The minimum absolute atomic E-state index is 0.00396. The lowest BCUT2D eigenvalue weighted by Gasteiger charge is -2.17. The highest BCUT2D eigenvalue weighted by Crippen LogP contribution is 2.23. The second kappa shape index (κ2) is 9.07. The number of methoxy groups -OCH3 is 1. The van der Waals surface area contributed by atoms with Crippen molar-refractivity contribution < 1.29 is 19.4 Å². The van der Waals surface area contributed by atoms with Crippen molar-refractivity contribution in [3.8, 4) is 5.75 Å². The average molecular weight is 307 g/mol. The molecule has 1 amide bonds. The van der Waals surface area contributed by atoms with Gasteiger partial charge in [0.15, 0.2) is 0 Å². The third-order valence-electron chi connectivity index (χ3n) is 3.63. The van der Waals surface area contributed by atoms with Crippen LogP contribution in [0.25, 0.3) is 0 Å². The Balaban J connectivity index is 2.60. The Morgan fingerprint density at radius 3 is 2.68 bits per heavy atom. The molecule has 2 atom stereocenters. The Morgan fingerprint density at radius 2 is 2.09 bits per heavy atom. The molecule has 0 heterocycles. The Bertz CT molecular complexity index is 501. The molecule has 0 radical (unpaired) electrons. The van der Waals surface area contributed by atoms with E-state index in [4.69, 9.17) is 9.84 Å². The highest BCUT2D eigenvalue weighted by Gasteiger charge is 2.20. The highest BCUT2D eigenvalue weighted by atomic mass is 16.5. The number of hydrogen-bond acceptors (Lipinski definition) is 3. The van der Waals surface area contributed by atoms with E-state index in [0.29, 0.717) is 6.42 Å². The smallest absolute Gasteiger partial charge is 0.326 e. The monoisotopic (exact) mass is 307 g/mol. The third-order valence-corrected chi connectivity index (χ3v) is 3.63. The molecule has 1 aromatic rings. The standard InChI is InChI=1S/C17H25NO4/c1-4-5-9-15(17(20)21)18-16(19)10-12(2)13-7-6-8-14(11-13)22-3/h6-8,11-12,15H,4-5,9-10H2,1-3H3,(H,18,19)(H,20,21). The zero-order valence-electron chi connectivity index (χ0n) is 13.5. The van der Waals surface area contributed by atoms with Crippen molar-refractivity contribution in [1.29, 1.82) is 0 Å². The molecule has 0 bridgehead atoms. The number of carbonyl (C=O) groups is 2. The first-order chi connectivity index (χ1) is 10.5. The molecule has 5 heteroatoms. The molecule has 0 saturated heterocycles. The van der Waals surface area contributed by atoms with Crippen LogP contribution < -0.4 is 10.1 Å². The van der Waals surface area contributed by atoms with Crippen LogP contribution in [0.5, 0.6) is 5.75 Å². The Kier molecular flexibility index (Phi) is 7.43. The van der Waals surface area contributed by atoms with Crippen LogP contribution >= 0.6 is 0 Å². The van der Waals surface area contributed by atoms with E-state index in [1.165, 1.54) is 0 Å². The van der Waals surface area contributed by atoms with E-state index in [1.54, 1.807) is 7.11 Å². The molecular weight excluding hydrogens is 282 g/mol. The predicted octanol–water partition coefficient (Wildman–Crippen LogP) is 2.95. The van der Waals surface area contributed by atoms with Gasteiger partial charge < -0.3 is 15.2 Å². The van der Waals surface area contributed by atoms with Crippen molar-refractivity contribution in [2.75, 3.05) is 7.11 Å². The summed E-state index contributed by atoms with van der Waals surface area (Å²) in [7, 11) is 1.60. The van der Waals surface area contributed by atoms with Gasteiger partial charge in [-0.1, -0.05) is 38.8 Å². The summed E-state index contributed by atoms with van der Waals surface area (Å²) in [6, 6.07) is 6.76. The molecule has 1 rings (SSSR count). The predicted molar refractivity (Wildman–Crippen MR) is 85.1 cm³/mol. The highest BCUT2D eigenvalue weighted by molar-refractivity contribution is 5.83. The molecule has 1 aromatic carbocycles. The number of carboxylic acids is 1. The van der Waals surface area contributed by atoms with Gasteiger partial charge in [0.1, 0.15) is 11.8 Å². The van der Waals surface area contributed by atoms with E-state index in [-0.39, 0.29) is 18.2 Å². The normalized spacial score (nSPS) is 13.2. The molecule has 0 spiro atoms. The summed E-state index contributed by atoms with van der Waals surface area (Å²) in [5, 5.41) is 11.7. The van der Waals surface area contributed by atoms with Crippen molar-refractivity contribution in [1.82, 2.24) is 5.32 Å². The molecule has 22 heavy (non-hydrogen) atoms. The Morgan fingerprint density at radius 1 is 1.36 bits per heavy atom. The molecule has 0 saturated carbocycles. The van der Waals surface area contributed by atoms with Crippen molar-refractivity contribution in [2.24, 2.45) is 0 Å². The minimum atomic E-state index is -0.976. The maximum Gasteiger partial charge on any atom is 0.326 e. The molecule has 0 fully saturated rings. The van der Waals surface area contributed by atoms with Gasteiger partial charge >= 0.3 is 5.97 Å². The van der Waals surface area contributed by atoms with Crippen LogP contribution in [0.4, 0.5) is 0 Å². The molecular formula is C17H25NO4. The molecule has 0 aromatic heterocycles. The van der Waals surface area contributed by atoms with Crippen LogP contribution in [0.3, 0.4) is 0 Å². The first-order valence-corrected chi connectivity index (χ1v) is 7.64. The SMILES string of the molecule is CCCCC(NC(=O)CC(C)c1cccc(OC)c1)C(=O)O. The zero-order chi connectivity index (χ0) is 16.5. The fourth-order valence-electron chi connectivity index (χ4n) is 2.26. The maximum atomic E-state index is 12.1. The van der Waals surface area contributed by atoms with Gasteiger partial charge in [0.25, 0.3) is 0 Å². The summed E-state index contributed by atoms with van der Waals surface area (Å²) in [6.45, 7) is 3.93. The van der Waals surface area contributed by atoms with Gasteiger partial charge in [0, 0.05) is 6.42 Å². The Hall–Kier alpha value is -2.04. The fraction of sp³-hybridized carbons (Fsp3) is 0.529. The van der Waals surface area contributed by atoms with Crippen LogP contribution in [0, 0.1) is 0 Å². The molecule has 2 unspecified atom stereocenters. The lowest BCUT2D eigenvalue weighted by molar-refractivity contribution is -0.142. The van der Waals surface area contributed by atoms with Crippen LogP contribution in [-0.2, 0) is 9.59 Å². The van der Waals surface area contributed by atoms with E-state index in [1.807, 2.05) is 38.1 Å². The molecule has 0 aliphatic heterocycles. The second-order valence-corrected chi connectivity index (χ2v) is 5.48. The van der Waals surface area contributed by atoms with E-state index < -0.39 is 12.0 Å². The summed E-state index contributed by atoms with van der Waals surface area (Å²) in [5.41, 5.74) is 0.995. The lowest BCUT2D eigenvalue weighted by atomic mass is 9.97. The van der Waals surface area contributed by atoms with Crippen molar-refractivity contribution in [2.45, 2.75) is 51.5 Å². The van der Waals surface area contributed by atoms with Gasteiger partial charge in [-0.15, -0.1) is 0 Å². The number of carboxylic acid groups (broad SMARTS) is 1. The van der Waals surface area contributed by atoms with E-state index in [2.05, 4.69) is 5.32 Å². The molecule has 122 valence electrons. The number of ether oxygens (including phenoxy) is 1. The molecule has 0 aliphatic rings. The first kappa shape index (κ1) is 18.0. The van der Waals surface area contributed by atoms with Crippen LogP contribution in [0.15, 0.2) is 24.3 Å². The number of unbranched alkanes of at least 4 members (excludes halogenated alkanes) is 1. The van der Waals surface area contributed by atoms with Gasteiger partial charge in [-0.05, 0) is 30.0 Å². The molecule has 2 N–H and O–H groups in total. The second-order valence-electron chi connectivity index (χ2n) is 5.48. The number of nitrogens with one attached hydrogen (secondary N) is 1. The van der Waals surface area contributed by atoms with Gasteiger partial charge in [0.2, 0.25) is 5.91 Å². The van der Waals surface area contributed by atoms with Crippen molar-refractivity contribution >= 4 is 11.9 Å². The third kappa shape index (κ3) is 5.76. The van der Waals surface area contributed by atoms with Gasteiger partial charge in [-0.2, -0.15) is 0 Å². The quantitative estimate of drug-likeness (QED) is 0.735. The van der Waals surface area contributed by atoms with Crippen LogP contribution in [0.1, 0.15) is 51.0 Å². The Labute approximate surface area is 131 Å². The van der Waals surface area contributed by atoms with E-state index in [0.717, 1.165) is 24.2 Å². The number of aliphatic carboxylic acids is 1. The van der Waals surface area contributed by atoms with Gasteiger partial charge in [-0.25, -0.2) is 4.79 Å². The average Bonchev–Trinajstić information content (AvgIpc) is 2.51. The molecule has 5 nitrogen and oxygen atoms in total. The van der Waals surface area contributed by atoms with Crippen molar-refractivity contribution in [3.63, 3.8) is 0 Å². The topological polar surface area (TPSA) is 75.6 Å². The van der Waals surface area contributed by atoms with Gasteiger partial charge in [0.05, 0.1) is 7.11 Å². The van der Waals surface area contributed by atoms with E-state index >= 15 is 0 Å². The number of rotatable bonds is 9. The largest absolute Gasteiger partial charge is 0.497 e. The summed E-state index contributed by atoms with van der Waals surface area (Å²) < 4.78 is 5.17. The summed E-state index contributed by atoms with van der Waals surface area (Å²) in [4.78, 5) is 23.2. The summed E-state index contributed by atoms with van der Waals surface area (Å²) >= 11 is 0.